The molecule has 4 amide bonds. The van der Waals surface area contributed by atoms with Gasteiger partial charge in [-0.15, -0.1) is 0 Å². The number of hydrazine groups is 1. The number of rotatable bonds is 6. The lowest BCUT2D eigenvalue weighted by Gasteiger charge is -2.33. The second kappa shape index (κ2) is 7.38. The third-order valence-electron chi connectivity index (χ3n) is 4.92. The zero-order valence-corrected chi connectivity index (χ0v) is 14.2. The van der Waals surface area contributed by atoms with Crippen LogP contribution in [0.25, 0.3) is 0 Å². The van der Waals surface area contributed by atoms with E-state index in [4.69, 9.17) is 4.84 Å². The van der Waals surface area contributed by atoms with Gasteiger partial charge >= 0.3 is 6.03 Å². The van der Waals surface area contributed by atoms with E-state index in [9.17, 15) is 14.4 Å². The summed E-state index contributed by atoms with van der Waals surface area (Å²) in [6.45, 7) is 3.64. The number of amides is 4. The number of hydroxylamine groups is 2. The van der Waals surface area contributed by atoms with Gasteiger partial charge in [-0.05, 0) is 32.1 Å². The van der Waals surface area contributed by atoms with Crippen molar-refractivity contribution < 1.29 is 19.2 Å². The molecule has 3 saturated heterocycles. The highest BCUT2D eigenvalue weighted by Gasteiger charge is 2.48. The van der Waals surface area contributed by atoms with Crippen molar-refractivity contribution in [3.8, 4) is 0 Å². The lowest BCUT2D eigenvalue weighted by molar-refractivity contribution is -0.145. The quantitative estimate of drug-likeness (QED) is 0.734. The summed E-state index contributed by atoms with van der Waals surface area (Å²) in [7, 11) is 0. The fourth-order valence-corrected chi connectivity index (χ4v) is 3.51. The van der Waals surface area contributed by atoms with Gasteiger partial charge in [-0.25, -0.2) is 4.79 Å². The molecule has 0 radical (unpaired) electrons. The van der Waals surface area contributed by atoms with Crippen LogP contribution >= 0.6 is 0 Å². The Morgan fingerprint density at radius 3 is 2.88 bits per heavy atom. The molecule has 8 heteroatoms. The zero-order valence-electron chi connectivity index (χ0n) is 14.2. The first-order valence-electron chi connectivity index (χ1n) is 8.95. The topological polar surface area (TPSA) is 82.2 Å². The van der Waals surface area contributed by atoms with Crippen molar-refractivity contribution in [2.75, 3.05) is 19.7 Å². The number of fused-ring (bicyclic) bond motifs is 2. The number of urea groups is 1. The van der Waals surface area contributed by atoms with Crippen LogP contribution in [0.2, 0.25) is 0 Å². The highest BCUT2D eigenvalue weighted by atomic mass is 16.7. The first-order chi connectivity index (χ1) is 11.6. The Morgan fingerprint density at radius 1 is 1.29 bits per heavy atom. The van der Waals surface area contributed by atoms with E-state index in [-0.39, 0.29) is 23.9 Å². The van der Waals surface area contributed by atoms with Crippen molar-refractivity contribution in [3.05, 3.63) is 0 Å². The summed E-state index contributed by atoms with van der Waals surface area (Å²) < 4.78 is 0. The largest absolute Gasteiger partial charge is 0.345 e. The van der Waals surface area contributed by atoms with Crippen molar-refractivity contribution >= 4 is 17.8 Å². The lowest BCUT2D eigenvalue weighted by Crippen LogP contribution is -2.56. The smallest absolute Gasteiger partial charge is 0.309 e. The van der Waals surface area contributed by atoms with Crippen LogP contribution in [-0.4, -0.2) is 64.6 Å². The van der Waals surface area contributed by atoms with Gasteiger partial charge in [0.1, 0.15) is 6.04 Å². The molecule has 0 saturated carbocycles. The molecular formula is C16H26N4O4. The van der Waals surface area contributed by atoms with Crippen molar-refractivity contribution in [1.29, 1.82) is 0 Å². The zero-order chi connectivity index (χ0) is 17.1. The Bertz CT molecular complexity index is 512. The number of nitrogens with zero attached hydrogens (tertiary/aromatic N) is 3. The van der Waals surface area contributed by atoms with Crippen LogP contribution in [0.3, 0.4) is 0 Å². The van der Waals surface area contributed by atoms with Crippen LogP contribution in [-0.2, 0) is 14.4 Å². The molecule has 3 aliphatic heterocycles. The fourth-order valence-electron chi connectivity index (χ4n) is 3.51. The molecule has 1 unspecified atom stereocenters. The molecule has 0 aliphatic carbocycles. The molecule has 3 heterocycles. The molecule has 0 aromatic carbocycles. The van der Waals surface area contributed by atoms with Gasteiger partial charge in [0.15, 0.2) is 0 Å². The predicted octanol–water partition coefficient (Wildman–Crippen LogP) is 1.03. The molecule has 1 N–H and O–H groups in total. The standard InChI is InChI=1S/C16H26N4O4/c1-2-3-10-24-20-12-7-8-13(18(11-12)16(20)23)15(22)17-19-9-5-4-6-14(19)21/h12-13H,2-11H2,1H3,(H,17,22)/t12?,13-/m0/s1. The van der Waals surface area contributed by atoms with Gasteiger partial charge in [0, 0.05) is 19.5 Å². The summed E-state index contributed by atoms with van der Waals surface area (Å²) in [5.41, 5.74) is 2.70. The van der Waals surface area contributed by atoms with Gasteiger partial charge in [-0.2, -0.15) is 5.06 Å². The summed E-state index contributed by atoms with van der Waals surface area (Å²) in [5, 5.41) is 2.84. The SMILES string of the molecule is CCCCON1C(=O)N2CC1CC[C@H]2C(=O)NN1CCCCC1=O. The van der Waals surface area contributed by atoms with Gasteiger partial charge in [0.25, 0.3) is 5.91 Å². The number of nitrogens with one attached hydrogen (secondary N) is 1. The number of piperidine rings is 2. The van der Waals surface area contributed by atoms with Gasteiger partial charge in [-0.1, -0.05) is 13.3 Å². The van der Waals surface area contributed by atoms with E-state index in [0.717, 1.165) is 32.1 Å². The second-order valence-corrected chi connectivity index (χ2v) is 6.67. The van der Waals surface area contributed by atoms with Crippen molar-refractivity contribution in [2.24, 2.45) is 0 Å². The molecular weight excluding hydrogens is 312 g/mol. The van der Waals surface area contributed by atoms with E-state index in [1.807, 2.05) is 0 Å². The minimum Gasteiger partial charge on any atom is -0.309 e. The Morgan fingerprint density at radius 2 is 2.12 bits per heavy atom. The molecule has 3 aliphatic rings. The minimum atomic E-state index is -0.525. The van der Waals surface area contributed by atoms with E-state index >= 15 is 0 Å². The van der Waals surface area contributed by atoms with E-state index in [2.05, 4.69) is 12.3 Å². The number of carbonyl (C=O) groups is 3. The molecule has 134 valence electrons. The summed E-state index contributed by atoms with van der Waals surface area (Å²) in [6, 6.07) is -0.739. The second-order valence-electron chi connectivity index (χ2n) is 6.67. The van der Waals surface area contributed by atoms with Crippen LogP contribution in [0.1, 0.15) is 51.9 Å². The number of unbranched alkanes of at least 4 members (excludes halogenated alkanes) is 1. The van der Waals surface area contributed by atoms with Gasteiger partial charge in [0.2, 0.25) is 5.91 Å². The van der Waals surface area contributed by atoms with Gasteiger partial charge < -0.3 is 4.90 Å². The Labute approximate surface area is 142 Å². The van der Waals surface area contributed by atoms with Crippen LogP contribution < -0.4 is 5.43 Å². The van der Waals surface area contributed by atoms with Crippen molar-refractivity contribution in [1.82, 2.24) is 20.4 Å². The number of hydrogen-bond donors (Lipinski definition) is 1. The lowest BCUT2D eigenvalue weighted by atomic mass is 10.0. The minimum absolute atomic E-state index is 0.0232. The van der Waals surface area contributed by atoms with Gasteiger partial charge in [-0.3, -0.25) is 24.9 Å². The number of carbonyl (C=O) groups excluding carboxylic acids is 3. The highest BCUT2D eigenvalue weighted by Crippen LogP contribution is 2.30. The van der Waals surface area contributed by atoms with E-state index in [0.29, 0.717) is 32.5 Å². The summed E-state index contributed by atoms with van der Waals surface area (Å²) >= 11 is 0. The summed E-state index contributed by atoms with van der Waals surface area (Å²) in [4.78, 5) is 44.1. The maximum Gasteiger partial charge on any atom is 0.345 e. The molecule has 0 aromatic heterocycles. The Balaban J connectivity index is 1.59. The Hall–Kier alpha value is -1.83. The molecule has 3 rings (SSSR count). The van der Waals surface area contributed by atoms with E-state index < -0.39 is 6.04 Å². The molecule has 8 nitrogen and oxygen atoms in total. The van der Waals surface area contributed by atoms with E-state index in [1.165, 1.54) is 10.1 Å². The number of hydrogen-bond acceptors (Lipinski definition) is 4. The van der Waals surface area contributed by atoms with Crippen LogP contribution in [0.5, 0.6) is 0 Å². The monoisotopic (exact) mass is 338 g/mol. The average Bonchev–Trinajstić information content (AvgIpc) is 2.82. The third-order valence-corrected chi connectivity index (χ3v) is 4.92. The fraction of sp³-hybridized carbons (Fsp3) is 0.812. The third kappa shape index (κ3) is 3.33. The summed E-state index contributed by atoms with van der Waals surface area (Å²) in [5.74, 6) is -0.326. The maximum absolute atomic E-state index is 12.6. The predicted molar refractivity (Wildman–Crippen MR) is 85.3 cm³/mol. The first kappa shape index (κ1) is 17.0. The van der Waals surface area contributed by atoms with Crippen molar-refractivity contribution in [3.63, 3.8) is 0 Å². The van der Waals surface area contributed by atoms with Crippen LogP contribution in [0.4, 0.5) is 4.79 Å². The highest BCUT2D eigenvalue weighted by molar-refractivity contribution is 5.90. The first-order valence-corrected chi connectivity index (χ1v) is 8.95. The molecule has 2 bridgehead atoms. The molecule has 2 atom stereocenters. The Kier molecular flexibility index (Phi) is 5.23. The molecule has 24 heavy (non-hydrogen) atoms. The normalized spacial score (nSPS) is 27.0. The average molecular weight is 338 g/mol. The van der Waals surface area contributed by atoms with Crippen molar-refractivity contribution in [2.45, 2.75) is 64.0 Å². The molecule has 3 fully saturated rings. The van der Waals surface area contributed by atoms with Crippen LogP contribution in [0, 0.1) is 0 Å². The summed E-state index contributed by atoms with van der Waals surface area (Å²) in [6.07, 6.45) is 5.46. The van der Waals surface area contributed by atoms with E-state index in [1.54, 1.807) is 4.90 Å². The molecule has 0 spiro atoms. The molecule has 0 aromatic rings. The van der Waals surface area contributed by atoms with Crippen LogP contribution in [0.15, 0.2) is 0 Å². The maximum atomic E-state index is 12.6. The van der Waals surface area contributed by atoms with Gasteiger partial charge in [0.05, 0.1) is 12.6 Å².